The Hall–Kier alpha value is -0.770. The molecule has 1 heterocycles. The Balaban J connectivity index is 2.18. The lowest BCUT2D eigenvalue weighted by molar-refractivity contribution is 0.0893. The Morgan fingerprint density at radius 3 is 2.81 bits per heavy atom. The first-order valence-electron chi connectivity index (χ1n) is 7.70. The highest BCUT2D eigenvalue weighted by atomic mass is 35.5. The topological polar surface area (TPSA) is 24.5 Å². The molecule has 0 aromatic heterocycles. The van der Waals surface area contributed by atoms with Crippen LogP contribution in [0.25, 0.3) is 0 Å². The van der Waals surface area contributed by atoms with Crippen molar-refractivity contribution in [1.82, 2.24) is 5.32 Å². The Morgan fingerprint density at radius 1 is 1.38 bits per heavy atom. The van der Waals surface area contributed by atoms with Crippen LogP contribution in [0.15, 0.2) is 18.2 Å². The van der Waals surface area contributed by atoms with Gasteiger partial charge in [-0.15, -0.1) is 0 Å². The number of ether oxygens (including phenoxy) is 1. The number of benzene rings is 1. The fraction of sp³-hybridized carbons (Fsp3) is 0.647. The molecular weight excluding hydrogens is 284 g/mol. The number of rotatable bonds is 4. The van der Waals surface area contributed by atoms with Crippen molar-refractivity contribution >= 4 is 17.3 Å². The summed E-state index contributed by atoms with van der Waals surface area (Å²) >= 11 is 6.22. The highest BCUT2D eigenvalue weighted by molar-refractivity contribution is 6.30. The van der Waals surface area contributed by atoms with Gasteiger partial charge in [0.2, 0.25) is 0 Å². The SMILES string of the molecule is COC1CCCN(c2cc(Cl)ccc2CNC(C)(C)C)C1. The molecule has 0 aliphatic carbocycles. The maximum Gasteiger partial charge on any atom is 0.0746 e. The van der Waals surface area contributed by atoms with Crippen LogP contribution in [0.3, 0.4) is 0 Å². The minimum absolute atomic E-state index is 0.105. The first-order chi connectivity index (χ1) is 9.89. The zero-order valence-corrected chi connectivity index (χ0v) is 14.3. The van der Waals surface area contributed by atoms with Gasteiger partial charge in [0.05, 0.1) is 6.10 Å². The van der Waals surface area contributed by atoms with Crippen molar-refractivity contribution in [2.45, 2.75) is 51.8 Å². The van der Waals surface area contributed by atoms with Gasteiger partial charge in [0.1, 0.15) is 0 Å². The molecule has 1 aliphatic rings. The molecular formula is C17H27ClN2O. The van der Waals surface area contributed by atoms with Gasteiger partial charge in [0.15, 0.2) is 0 Å². The number of hydrogen-bond donors (Lipinski definition) is 1. The van der Waals surface area contributed by atoms with Gasteiger partial charge in [0, 0.05) is 43.0 Å². The molecule has 1 saturated heterocycles. The Morgan fingerprint density at radius 2 is 2.14 bits per heavy atom. The average Bonchev–Trinajstić information content (AvgIpc) is 2.45. The molecule has 4 heteroatoms. The standard InChI is InChI=1S/C17H27ClN2O/c1-17(2,3)19-11-13-7-8-14(18)10-16(13)20-9-5-6-15(12-20)21-4/h7-8,10,15,19H,5-6,9,11-12H2,1-4H3. The van der Waals surface area contributed by atoms with Crippen LogP contribution in [0.1, 0.15) is 39.2 Å². The molecule has 1 aromatic rings. The van der Waals surface area contributed by atoms with E-state index in [-0.39, 0.29) is 5.54 Å². The maximum absolute atomic E-state index is 6.22. The second kappa shape index (κ2) is 6.99. The summed E-state index contributed by atoms with van der Waals surface area (Å²) in [5.74, 6) is 0. The molecule has 118 valence electrons. The van der Waals surface area contributed by atoms with Crippen LogP contribution < -0.4 is 10.2 Å². The summed E-state index contributed by atoms with van der Waals surface area (Å²) in [7, 11) is 1.80. The van der Waals surface area contributed by atoms with Gasteiger partial charge in [-0.1, -0.05) is 17.7 Å². The first-order valence-corrected chi connectivity index (χ1v) is 8.08. The second-order valence-corrected chi connectivity index (χ2v) is 7.26. The van der Waals surface area contributed by atoms with Crippen molar-refractivity contribution in [3.05, 3.63) is 28.8 Å². The predicted octanol–water partition coefficient (Wildman–Crippen LogP) is 3.84. The van der Waals surface area contributed by atoms with Crippen LogP contribution in [0.4, 0.5) is 5.69 Å². The van der Waals surface area contributed by atoms with E-state index >= 15 is 0 Å². The molecule has 1 aliphatic heterocycles. The highest BCUT2D eigenvalue weighted by Crippen LogP contribution is 2.28. The smallest absolute Gasteiger partial charge is 0.0746 e. The van der Waals surface area contributed by atoms with Crippen LogP contribution in [0, 0.1) is 0 Å². The lowest BCUT2D eigenvalue weighted by Gasteiger charge is -2.35. The van der Waals surface area contributed by atoms with Gasteiger partial charge in [-0.2, -0.15) is 0 Å². The summed E-state index contributed by atoms with van der Waals surface area (Å²) in [5, 5.41) is 4.36. The van der Waals surface area contributed by atoms with Gasteiger partial charge >= 0.3 is 0 Å². The number of piperidine rings is 1. The summed E-state index contributed by atoms with van der Waals surface area (Å²) in [6.07, 6.45) is 2.63. The second-order valence-electron chi connectivity index (χ2n) is 6.82. The van der Waals surface area contributed by atoms with E-state index in [4.69, 9.17) is 16.3 Å². The third kappa shape index (κ3) is 4.87. The van der Waals surface area contributed by atoms with E-state index in [1.165, 1.54) is 11.3 Å². The van der Waals surface area contributed by atoms with Crippen LogP contribution in [-0.2, 0) is 11.3 Å². The molecule has 0 radical (unpaired) electrons. The molecule has 2 rings (SSSR count). The average molecular weight is 311 g/mol. The Bertz CT molecular complexity index is 470. The normalized spacial score (nSPS) is 19.9. The van der Waals surface area contributed by atoms with Gasteiger partial charge in [0.25, 0.3) is 0 Å². The van der Waals surface area contributed by atoms with Gasteiger partial charge < -0.3 is 15.0 Å². The lowest BCUT2D eigenvalue weighted by atomic mass is 10.0. The zero-order chi connectivity index (χ0) is 15.5. The Labute approximate surface area is 133 Å². The number of hydrogen-bond acceptors (Lipinski definition) is 3. The summed E-state index contributed by atoms with van der Waals surface area (Å²) in [4.78, 5) is 2.41. The molecule has 0 saturated carbocycles. The summed E-state index contributed by atoms with van der Waals surface area (Å²) in [6.45, 7) is 9.42. The molecule has 1 fully saturated rings. The molecule has 1 aromatic carbocycles. The number of methoxy groups -OCH3 is 1. The van der Waals surface area contributed by atoms with Crippen molar-refractivity contribution in [3.8, 4) is 0 Å². The number of nitrogens with one attached hydrogen (secondary N) is 1. The van der Waals surface area contributed by atoms with E-state index < -0.39 is 0 Å². The van der Waals surface area contributed by atoms with Crippen molar-refractivity contribution < 1.29 is 4.74 Å². The molecule has 1 atom stereocenters. The largest absolute Gasteiger partial charge is 0.380 e. The van der Waals surface area contributed by atoms with Crippen molar-refractivity contribution in [2.75, 3.05) is 25.1 Å². The van der Waals surface area contributed by atoms with Gasteiger partial charge in [-0.05, 0) is 51.3 Å². The van der Waals surface area contributed by atoms with E-state index in [2.05, 4.69) is 43.1 Å². The minimum Gasteiger partial charge on any atom is -0.380 e. The molecule has 21 heavy (non-hydrogen) atoms. The highest BCUT2D eigenvalue weighted by Gasteiger charge is 2.22. The van der Waals surface area contributed by atoms with Crippen LogP contribution >= 0.6 is 11.6 Å². The molecule has 0 bridgehead atoms. The minimum atomic E-state index is 0.105. The number of nitrogens with zero attached hydrogens (tertiary/aromatic N) is 1. The third-order valence-electron chi connectivity index (χ3n) is 3.91. The quantitative estimate of drug-likeness (QED) is 0.914. The van der Waals surface area contributed by atoms with E-state index in [0.29, 0.717) is 6.10 Å². The van der Waals surface area contributed by atoms with Gasteiger partial charge in [-0.25, -0.2) is 0 Å². The fourth-order valence-electron chi connectivity index (χ4n) is 2.69. The Kier molecular flexibility index (Phi) is 5.53. The summed E-state index contributed by atoms with van der Waals surface area (Å²) in [5.41, 5.74) is 2.64. The van der Waals surface area contributed by atoms with Crippen molar-refractivity contribution in [1.29, 1.82) is 0 Å². The van der Waals surface area contributed by atoms with Crippen LogP contribution in [-0.4, -0.2) is 31.8 Å². The summed E-state index contributed by atoms with van der Waals surface area (Å²) < 4.78 is 5.54. The summed E-state index contributed by atoms with van der Waals surface area (Å²) in [6, 6.07) is 6.19. The molecule has 3 nitrogen and oxygen atoms in total. The fourth-order valence-corrected chi connectivity index (χ4v) is 2.86. The van der Waals surface area contributed by atoms with E-state index in [9.17, 15) is 0 Å². The van der Waals surface area contributed by atoms with E-state index in [1.54, 1.807) is 7.11 Å². The monoisotopic (exact) mass is 310 g/mol. The van der Waals surface area contributed by atoms with Crippen molar-refractivity contribution in [2.24, 2.45) is 0 Å². The molecule has 1 N–H and O–H groups in total. The third-order valence-corrected chi connectivity index (χ3v) is 4.14. The molecule has 0 amide bonds. The van der Waals surface area contributed by atoms with Crippen LogP contribution in [0.5, 0.6) is 0 Å². The molecule has 1 unspecified atom stereocenters. The van der Waals surface area contributed by atoms with Crippen LogP contribution in [0.2, 0.25) is 5.02 Å². The predicted molar refractivity (Wildman–Crippen MR) is 90.3 cm³/mol. The first kappa shape index (κ1) is 16.6. The maximum atomic E-state index is 6.22. The molecule has 0 spiro atoms. The van der Waals surface area contributed by atoms with Gasteiger partial charge in [-0.3, -0.25) is 0 Å². The number of halogens is 1. The number of anilines is 1. The zero-order valence-electron chi connectivity index (χ0n) is 13.6. The van der Waals surface area contributed by atoms with E-state index in [1.807, 2.05) is 6.07 Å². The van der Waals surface area contributed by atoms with E-state index in [0.717, 1.165) is 37.5 Å². The van der Waals surface area contributed by atoms with Crippen molar-refractivity contribution in [3.63, 3.8) is 0 Å². The lowest BCUT2D eigenvalue weighted by Crippen LogP contribution is -2.40.